The van der Waals surface area contributed by atoms with Gasteiger partial charge >= 0.3 is 19.5 Å². The summed E-state index contributed by atoms with van der Waals surface area (Å²) in [7, 11) is 0. The van der Waals surface area contributed by atoms with Crippen LogP contribution in [0, 0.1) is 11.5 Å². The van der Waals surface area contributed by atoms with Crippen LogP contribution in [0.3, 0.4) is 0 Å². The molecule has 0 saturated carbocycles. The van der Waals surface area contributed by atoms with Crippen LogP contribution in [0.1, 0.15) is 219 Å². The molecular weight excluding hydrogens is 674 g/mol. The van der Waals surface area contributed by atoms with Gasteiger partial charge < -0.3 is 34.7 Å². The Morgan fingerprint density at radius 3 is 0.702 bits per heavy atom. The molecule has 0 atom stereocenters. The topological polar surface area (TPSA) is 52.6 Å². The van der Waals surface area contributed by atoms with Crippen molar-refractivity contribution in [2.45, 2.75) is 219 Å². The van der Waals surface area contributed by atoms with Gasteiger partial charge in [0.2, 0.25) is 0 Å². The molecule has 0 unspecified atom stereocenters. The molecule has 276 valence electrons. The summed E-state index contributed by atoms with van der Waals surface area (Å²) < 4.78 is 9.88. The van der Waals surface area contributed by atoms with Gasteiger partial charge in [-0.05, 0) is 12.8 Å². The number of rotatable bonds is 36. The first-order chi connectivity index (χ1) is 22.6. The molecule has 0 rings (SSSR count). The van der Waals surface area contributed by atoms with Crippen molar-refractivity contribution in [1.82, 2.24) is 0 Å². The number of hydrogen-bond donors (Lipinski definition) is 2. The maximum atomic E-state index is 10.8. The van der Waals surface area contributed by atoms with E-state index in [0.717, 1.165) is 25.7 Å². The monoisotopic (exact) mass is 750 g/mol. The van der Waals surface area contributed by atoms with E-state index in [4.69, 9.17) is 9.47 Å². The molecule has 7 heteroatoms. The molecule has 0 fully saturated rings. The molecule has 0 radical (unpaired) electrons. The van der Waals surface area contributed by atoms with Crippen LogP contribution in [-0.4, -0.2) is 25.2 Å². The van der Waals surface area contributed by atoms with Crippen LogP contribution in [0.4, 0.5) is 0 Å². The number of ether oxygens (including phenoxy) is 2. The molecule has 47 heavy (non-hydrogen) atoms. The average Bonchev–Trinajstić information content (AvgIpc) is 3.07. The van der Waals surface area contributed by atoms with Crippen molar-refractivity contribution in [2.24, 2.45) is 0 Å². The van der Waals surface area contributed by atoms with Crippen LogP contribution < -0.4 is 0 Å². The molecule has 0 aromatic carbocycles. The molecule has 0 aromatic heterocycles. The molecule has 0 N–H and O–H groups in total. The zero-order valence-electron chi connectivity index (χ0n) is 31.4. The Bertz CT molecular complexity index is 545. The third kappa shape index (κ3) is 50.5. The SMILES string of the molecule is CCCCCCCCCCCCCCCCCCOC(=O)[CH-]S.CCCCCCCCCCCCCCCCCCOC(=O)[CH-]S.[Zn+2]. The third-order valence-electron chi connectivity index (χ3n) is 8.70. The Morgan fingerprint density at radius 1 is 0.362 bits per heavy atom. The van der Waals surface area contributed by atoms with Crippen LogP contribution >= 0.6 is 25.3 Å². The number of unbranched alkanes of at least 4 members (excludes halogenated alkanes) is 30. The second-order valence-corrected chi connectivity index (χ2v) is 13.7. The summed E-state index contributed by atoms with van der Waals surface area (Å²) in [6.07, 6.45) is 43.4. The molecule has 0 saturated heterocycles. The van der Waals surface area contributed by atoms with Crippen molar-refractivity contribution >= 4 is 37.2 Å². The maximum absolute atomic E-state index is 10.8. The summed E-state index contributed by atoms with van der Waals surface area (Å²) in [5.41, 5.74) is 0. The van der Waals surface area contributed by atoms with E-state index < -0.39 is 0 Å². The number of thiol groups is 2. The summed E-state index contributed by atoms with van der Waals surface area (Å²) in [6.45, 7) is 5.63. The summed E-state index contributed by atoms with van der Waals surface area (Å²) >= 11 is 7.50. The molecular formula is C40H78O4S2Zn. The van der Waals surface area contributed by atoms with Crippen molar-refractivity contribution in [3.63, 3.8) is 0 Å². The molecule has 0 aliphatic heterocycles. The van der Waals surface area contributed by atoms with Gasteiger partial charge in [-0.2, -0.15) is 0 Å². The first-order valence-corrected chi connectivity index (χ1v) is 20.9. The summed E-state index contributed by atoms with van der Waals surface area (Å²) in [5, 5.41) is 0. The largest absolute Gasteiger partial charge is 2.00 e. The standard InChI is InChI=1S/2C20H39O2S.Zn/c2*1-2-3-4-5-6-7-8-9-10-11-12-13-14-15-16-17-18-22-20(21)19-23;/h2*19,23H,2-18H2,1H3;/q2*-1;+2. The number of hydrogen-bond acceptors (Lipinski definition) is 6. The molecule has 0 aromatic rings. The van der Waals surface area contributed by atoms with Crippen LogP contribution in [0.15, 0.2) is 0 Å². The molecule has 0 spiro atoms. The zero-order chi connectivity index (χ0) is 34.0. The van der Waals surface area contributed by atoms with E-state index in [1.165, 1.54) is 191 Å². The van der Waals surface area contributed by atoms with Gasteiger partial charge in [0, 0.05) is 0 Å². The average molecular weight is 753 g/mol. The molecule has 0 amide bonds. The summed E-state index contributed by atoms with van der Waals surface area (Å²) in [6, 6.07) is 0. The fourth-order valence-electron chi connectivity index (χ4n) is 5.72. The second kappa shape index (κ2) is 48.1. The Kier molecular flexibility index (Phi) is 52.6. The Morgan fingerprint density at radius 2 is 0.532 bits per heavy atom. The summed E-state index contributed by atoms with van der Waals surface area (Å²) in [4.78, 5) is 21.6. The molecule has 0 bridgehead atoms. The normalized spacial score (nSPS) is 10.5. The van der Waals surface area contributed by atoms with E-state index in [1.807, 2.05) is 0 Å². The minimum absolute atomic E-state index is 0. The second-order valence-electron chi connectivity index (χ2n) is 13.2. The number of esters is 2. The van der Waals surface area contributed by atoms with Crippen LogP contribution in [0.5, 0.6) is 0 Å². The van der Waals surface area contributed by atoms with E-state index in [1.54, 1.807) is 0 Å². The summed E-state index contributed by atoms with van der Waals surface area (Å²) in [5.74, 6) is 1.70. The zero-order valence-corrected chi connectivity index (χ0v) is 36.2. The fourth-order valence-corrected chi connectivity index (χ4v) is 5.87. The number of carbonyl (C=O) groups excluding carboxylic acids is 2. The van der Waals surface area contributed by atoms with Gasteiger partial charge in [-0.1, -0.05) is 206 Å². The molecule has 4 nitrogen and oxygen atoms in total. The van der Waals surface area contributed by atoms with Gasteiger partial charge in [0.05, 0.1) is 13.2 Å². The first kappa shape index (κ1) is 51.4. The van der Waals surface area contributed by atoms with E-state index >= 15 is 0 Å². The van der Waals surface area contributed by atoms with Gasteiger partial charge in [0.15, 0.2) is 11.9 Å². The van der Waals surface area contributed by atoms with Crippen LogP contribution in [0.2, 0.25) is 0 Å². The first-order valence-electron chi connectivity index (χ1n) is 19.9. The minimum Gasteiger partial charge on any atom is -0.487 e. The molecule has 0 aliphatic carbocycles. The predicted octanol–water partition coefficient (Wildman–Crippen LogP) is 13.8. The quantitative estimate of drug-likeness (QED) is 0.0220. The predicted molar refractivity (Wildman–Crippen MR) is 208 cm³/mol. The van der Waals surface area contributed by atoms with E-state index in [2.05, 4.69) is 39.1 Å². The van der Waals surface area contributed by atoms with Gasteiger partial charge in [-0.15, -0.1) is 0 Å². The Hall–Kier alpha value is 0.00338. The smallest absolute Gasteiger partial charge is 0.487 e. The van der Waals surface area contributed by atoms with Crippen molar-refractivity contribution in [3.05, 3.63) is 11.5 Å². The van der Waals surface area contributed by atoms with Crippen LogP contribution in [0.25, 0.3) is 0 Å². The van der Waals surface area contributed by atoms with Crippen molar-refractivity contribution < 1.29 is 38.5 Å². The minimum atomic E-state index is -0.325. The van der Waals surface area contributed by atoms with Gasteiger partial charge in [0.25, 0.3) is 0 Å². The molecule has 0 heterocycles. The van der Waals surface area contributed by atoms with E-state index in [0.29, 0.717) is 13.2 Å². The third-order valence-corrected chi connectivity index (χ3v) is 9.12. The fraction of sp³-hybridized carbons (Fsp3) is 0.900. The Balaban J connectivity index is -0.000000807. The van der Waals surface area contributed by atoms with Gasteiger partial charge in [-0.3, -0.25) is 9.59 Å². The van der Waals surface area contributed by atoms with Gasteiger partial charge in [-0.25, -0.2) is 11.5 Å². The van der Waals surface area contributed by atoms with Crippen molar-refractivity contribution in [1.29, 1.82) is 0 Å². The van der Waals surface area contributed by atoms with E-state index in [-0.39, 0.29) is 31.4 Å². The van der Waals surface area contributed by atoms with Crippen molar-refractivity contribution in [3.8, 4) is 0 Å². The van der Waals surface area contributed by atoms with E-state index in [9.17, 15) is 9.59 Å². The van der Waals surface area contributed by atoms with Gasteiger partial charge in [0.1, 0.15) is 0 Å². The number of carbonyl (C=O) groups is 2. The van der Waals surface area contributed by atoms with Crippen LogP contribution in [-0.2, 0) is 38.5 Å². The molecule has 0 aliphatic rings. The Labute approximate surface area is 318 Å². The van der Waals surface area contributed by atoms with Crippen molar-refractivity contribution in [2.75, 3.05) is 13.2 Å². The maximum Gasteiger partial charge on any atom is 2.00 e.